The fourth-order valence-corrected chi connectivity index (χ4v) is 2.15. The standard InChI is InChI=1S/C14H19NS/c1-3-10-16-14(15)12(2)11-13-8-6-4-5-7-9-13/h3-10,12-13,15H,11H2,1-2H3/b10-3-,15-14?. The Labute approximate surface area is 103 Å². The molecule has 2 heteroatoms. The second kappa shape index (κ2) is 7.29. The third kappa shape index (κ3) is 4.67. The Balaban J connectivity index is 2.44. The zero-order chi connectivity index (χ0) is 11.8. The average molecular weight is 233 g/mol. The van der Waals surface area contributed by atoms with Gasteiger partial charge in [-0.05, 0) is 24.7 Å². The van der Waals surface area contributed by atoms with Gasteiger partial charge in [0.25, 0.3) is 0 Å². The van der Waals surface area contributed by atoms with Crippen LogP contribution in [0.15, 0.2) is 47.9 Å². The molecule has 0 spiro atoms. The van der Waals surface area contributed by atoms with E-state index in [0.717, 1.165) is 11.5 Å². The van der Waals surface area contributed by atoms with Gasteiger partial charge in [0.15, 0.2) is 0 Å². The molecule has 0 heterocycles. The first-order valence-corrected chi connectivity index (χ1v) is 6.50. The fraction of sp³-hybridized carbons (Fsp3) is 0.357. The molecule has 0 saturated heterocycles. The van der Waals surface area contributed by atoms with Crippen molar-refractivity contribution in [3.8, 4) is 0 Å². The lowest BCUT2D eigenvalue weighted by Crippen LogP contribution is -2.09. The molecule has 0 aliphatic heterocycles. The molecule has 1 nitrogen and oxygen atoms in total. The van der Waals surface area contributed by atoms with Crippen molar-refractivity contribution in [1.29, 1.82) is 5.41 Å². The van der Waals surface area contributed by atoms with Crippen LogP contribution in [-0.2, 0) is 0 Å². The second-order valence-corrected chi connectivity index (χ2v) is 4.85. The van der Waals surface area contributed by atoms with Crippen molar-refractivity contribution >= 4 is 16.8 Å². The van der Waals surface area contributed by atoms with Gasteiger partial charge in [-0.15, -0.1) is 0 Å². The molecule has 16 heavy (non-hydrogen) atoms. The van der Waals surface area contributed by atoms with Gasteiger partial charge in [-0.2, -0.15) is 0 Å². The minimum atomic E-state index is 0.318. The minimum absolute atomic E-state index is 0.318. The molecule has 0 bridgehead atoms. The van der Waals surface area contributed by atoms with Crippen LogP contribution in [-0.4, -0.2) is 5.04 Å². The number of hydrogen-bond acceptors (Lipinski definition) is 2. The van der Waals surface area contributed by atoms with E-state index >= 15 is 0 Å². The third-order valence-electron chi connectivity index (χ3n) is 2.45. The first-order chi connectivity index (χ1) is 7.74. The van der Waals surface area contributed by atoms with Gasteiger partial charge < -0.3 is 0 Å². The van der Waals surface area contributed by atoms with E-state index in [9.17, 15) is 0 Å². The first-order valence-electron chi connectivity index (χ1n) is 5.62. The summed E-state index contributed by atoms with van der Waals surface area (Å²) < 4.78 is 0. The van der Waals surface area contributed by atoms with E-state index in [0.29, 0.717) is 11.8 Å². The van der Waals surface area contributed by atoms with Crippen molar-refractivity contribution in [3.05, 3.63) is 47.9 Å². The highest BCUT2D eigenvalue weighted by atomic mass is 32.2. The summed E-state index contributed by atoms with van der Waals surface area (Å²) in [6.07, 6.45) is 15.6. The van der Waals surface area contributed by atoms with E-state index in [2.05, 4.69) is 31.2 Å². The summed E-state index contributed by atoms with van der Waals surface area (Å²) in [5, 5.41) is 10.6. The van der Waals surface area contributed by atoms with Crippen LogP contribution in [0.5, 0.6) is 0 Å². The molecule has 1 aliphatic rings. The Kier molecular flexibility index (Phi) is 5.94. The highest BCUT2D eigenvalue weighted by molar-refractivity contribution is 8.16. The molecule has 1 rings (SSSR count). The largest absolute Gasteiger partial charge is 0.298 e. The van der Waals surface area contributed by atoms with Crippen molar-refractivity contribution in [2.45, 2.75) is 20.3 Å². The smallest absolute Gasteiger partial charge is 0.0711 e. The summed E-state index contributed by atoms with van der Waals surface area (Å²) in [6.45, 7) is 4.10. The number of nitrogens with one attached hydrogen (secondary N) is 1. The van der Waals surface area contributed by atoms with Gasteiger partial charge in [0.05, 0.1) is 5.04 Å². The molecular weight excluding hydrogens is 214 g/mol. The van der Waals surface area contributed by atoms with Gasteiger partial charge >= 0.3 is 0 Å². The van der Waals surface area contributed by atoms with Crippen LogP contribution in [0.25, 0.3) is 0 Å². The molecule has 0 fully saturated rings. The summed E-state index contributed by atoms with van der Waals surface area (Å²) in [7, 11) is 0. The van der Waals surface area contributed by atoms with Crippen LogP contribution in [0.1, 0.15) is 20.3 Å². The number of hydrogen-bond donors (Lipinski definition) is 1. The third-order valence-corrected chi connectivity index (χ3v) is 3.52. The monoisotopic (exact) mass is 233 g/mol. The van der Waals surface area contributed by atoms with Crippen LogP contribution in [0.2, 0.25) is 0 Å². The molecule has 1 aliphatic carbocycles. The minimum Gasteiger partial charge on any atom is -0.298 e. The molecule has 0 aromatic heterocycles. The molecule has 0 amide bonds. The molecule has 1 N–H and O–H groups in total. The van der Waals surface area contributed by atoms with Gasteiger partial charge in [0.1, 0.15) is 0 Å². The lowest BCUT2D eigenvalue weighted by atomic mass is 9.96. The van der Waals surface area contributed by atoms with Gasteiger partial charge in [-0.3, -0.25) is 5.41 Å². The zero-order valence-corrected chi connectivity index (χ0v) is 10.7. The molecule has 0 aromatic carbocycles. The van der Waals surface area contributed by atoms with Gasteiger partial charge in [0.2, 0.25) is 0 Å². The van der Waals surface area contributed by atoms with E-state index in [1.165, 1.54) is 11.8 Å². The predicted molar refractivity (Wildman–Crippen MR) is 74.8 cm³/mol. The SMILES string of the molecule is C/C=C\SC(=N)C(C)CC1C=CC=CC=C1. The maximum atomic E-state index is 7.92. The zero-order valence-electron chi connectivity index (χ0n) is 9.89. The van der Waals surface area contributed by atoms with Crippen molar-refractivity contribution in [1.82, 2.24) is 0 Å². The highest BCUT2D eigenvalue weighted by Crippen LogP contribution is 2.22. The molecule has 0 saturated carbocycles. The maximum absolute atomic E-state index is 7.92. The van der Waals surface area contributed by atoms with Gasteiger partial charge in [-0.1, -0.05) is 61.2 Å². The highest BCUT2D eigenvalue weighted by Gasteiger charge is 2.12. The maximum Gasteiger partial charge on any atom is 0.0711 e. The van der Waals surface area contributed by atoms with Crippen LogP contribution in [0.4, 0.5) is 0 Å². The summed E-state index contributed by atoms with van der Waals surface area (Å²) in [5.74, 6) is 0.773. The van der Waals surface area contributed by atoms with E-state index in [-0.39, 0.29) is 0 Å². The Morgan fingerprint density at radius 1 is 1.31 bits per heavy atom. The lowest BCUT2D eigenvalue weighted by molar-refractivity contribution is 0.612. The summed E-state index contributed by atoms with van der Waals surface area (Å²) in [6, 6.07) is 0. The van der Waals surface area contributed by atoms with E-state index in [1.54, 1.807) is 0 Å². The van der Waals surface area contributed by atoms with Crippen molar-refractivity contribution in [3.63, 3.8) is 0 Å². The number of thioether (sulfide) groups is 1. The van der Waals surface area contributed by atoms with E-state index in [1.807, 2.05) is 30.6 Å². The van der Waals surface area contributed by atoms with Crippen LogP contribution >= 0.6 is 11.8 Å². The van der Waals surface area contributed by atoms with Gasteiger partial charge in [-0.25, -0.2) is 0 Å². The van der Waals surface area contributed by atoms with E-state index < -0.39 is 0 Å². The van der Waals surface area contributed by atoms with Crippen LogP contribution in [0, 0.1) is 17.2 Å². The first kappa shape index (κ1) is 13.0. The number of rotatable bonds is 4. The predicted octanol–water partition coefficient (Wildman–Crippen LogP) is 4.56. The summed E-state index contributed by atoms with van der Waals surface area (Å²) in [4.78, 5) is 0. The molecular formula is C14H19NS. The van der Waals surface area contributed by atoms with E-state index in [4.69, 9.17) is 5.41 Å². The molecule has 86 valence electrons. The molecule has 0 aromatic rings. The van der Waals surface area contributed by atoms with Crippen LogP contribution in [0.3, 0.4) is 0 Å². The van der Waals surface area contributed by atoms with Gasteiger partial charge in [0, 0.05) is 5.92 Å². The Hall–Kier alpha value is -1.02. The lowest BCUT2D eigenvalue weighted by Gasteiger charge is -2.14. The summed E-state index contributed by atoms with van der Waals surface area (Å²) in [5.41, 5.74) is 0. The number of allylic oxidation sites excluding steroid dienone is 7. The Bertz CT molecular complexity index is 321. The normalized spacial score (nSPS) is 17.9. The molecule has 1 atom stereocenters. The van der Waals surface area contributed by atoms with Crippen molar-refractivity contribution < 1.29 is 0 Å². The molecule has 0 radical (unpaired) electrons. The topological polar surface area (TPSA) is 23.9 Å². The second-order valence-electron chi connectivity index (χ2n) is 3.91. The van der Waals surface area contributed by atoms with Crippen molar-refractivity contribution in [2.24, 2.45) is 11.8 Å². The fourth-order valence-electron chi connectivity index (χ4n) is 1.54. The Morgan fingerprint density at radius 3 is 2.50 bits per heavy atom. The average Bonchev–Trinajstić information content (AvgIpc) is 2.54. The van der Waals surface area contributed by atoms with Crippen molar-refractivity contribution in [2.75, 3.05) is 0 Å². The summed E-state index contributed by atoms with van der Waals surface area (Å²) >= 11 is 1.52. The van der Waals surface area contributed by atoms with Crippen LogP contribution < -0.4 is 0 Å². The quantitative estimate of drug-likeness (QED) is 0.558. The Morgan fingerprint density at radius 2 is 1.94 bits per heavy atom. The molecule has 1 unspecified atom stereocenters.